The summed E-state index contributed by atoms with van der Waals surface area (Å²) >= 11 is 0. The molecule has 2 aromatic rings. The molecule has 7 nitrogen and oxygen atoms in total. The van der Waals surface area contributed by atoms with Crippen LogP contribution in [-0.2, 0) is 11.8 Å². The number of nitrogens with zero attached hydrogens (tertiary/aromatic N) is 3. The van der Waals surface area contributed by atoms with Crippen molar-refractivity contribution in [1.29, 1.82) is 0 Å². The molecule has 3 rings (SSSR count). The van der Waals surface area contributed by atoms with E-state index in [2.05, 4.69) is 10.4 Å². The maximum atomic E-state index is 12.7. The van der Waals surface area contributed by atoms with Gasteiger partial charge in [-0.25, -0.2) is 4.68 Å². The van der Waals surface area contributed by atoms with Crippen LogP contribution in [0, 0.1) is 5.92 Å². The van der Waals surface area contributed by atoms with Crippen molar-refractivity contribution in [1.82, 2.24) is 9.78 Å². The van der Waals surface area contributed by atoms with Crippen LogP contribution in [0.1, 0.15) is 12.8 Å². The number of ether oxygens (including phenoxy) is 1. The average molecular weight is 342 g/mol. The number of nitrogens with one attached hydrogen (secondary N) is 1. The van der Waals surface area contributed by atoms with Crippen LogP contribution in [0.5, 0.6) is 5.75 Å². The molecule has 1 aliphatic rings. The number of hydrogen-bond donors (Lipinski definition) is 1. The molecule has 1 fully saturated rings. The fourth-order valence-corrected chi connectivity index (χ4v) is 3.04. The van der Waals surface area contributed by atoms with Gasteiger partial charge >= 0.3 is 0 Å². The fourth-order valence-electron chi connectivity index (χ4n) is 3.04. The highest BCUT2D eigenvalue weighted by Crippen LogP contribution is 2.26. The molecular weight excluding hydrogens is 320 g/mol. The standard InChI is InChI=1S/C18H22N4O3/c1-21-17(23)10-14(11-19-21)22-9-5-6-13(12-22)18(24)20-15-7-3-4-8-16(15)25-2/h3-4,7-8,10-11,13H,5-6,9,12H2,1-2H3,(H,20,24). The topological polar surface area (TPSA) is 76.5 Å². The Bertz CT molecular complexity index is 818. The van der Waals surface area contributed by atoms with Gasteiger partial charge in [-0.2, -0.15) is 5.10 Å². The summed E-state index contributed by atoms with van der Waals surface area (Å²) in [6.07, 6.45) is 3.37. The van der Waals surface area contributed by atoms with E-state index in [0.29, 0.717) is 18.0 Å². The summed E-state index contributed by atoms with van der Waals surface area (Å²) in [7, 11) is 3.20. The highest BCUT2D eigenvalue weighted by Gasteiger charge is 2.27. The third-order valence-electron chi connectivity index (χ3n) is 4.48. The minimum absolute atomic E-state index is 0.0361. The molecule has 1 aliphatic heterocycles. The molecule has 0 aliphatic carbocycles. The van der Waals surface area contributed by atoms with E-state index in [9.17, 15) is 9.59 Å². The van der Waals surface area contributed by atoms with Gasteiger partial charge in [0.05, 0.1) is 30.6 Å². The maximum Gasteiger partial charge on any atom is 0.268 e. The Morgan fingerprint density at radius 3 is 2.92 bits per heavy atom. The summed E-state index contributed by atoms with van der Waals surface area (Å²) < 4.78 is 6.57. The molecule has 0 radical (unpaired) electrons. The Morgan fingerprint density at radius 1 is 1.36 bits per heavy atom. The molecular formula is C18H22N4O3. The normalized spacial score (nSPS) is 17.2. The molecule has 7 heteroatoms. The van der Waals surface area contributed by atoms with Gasteiger partial charge in [-0.15, -0.1) is 0 Å². The number of benzene rings is 1. The lowest BCUT2D eigenvalue weighted by Gasteiger charge is -2.33. The van der Waals surface area contributed by atoms with Gasteiger partial charge in [0.25, 0.3) is 5.56 Å². The van der Waals surface area contributed by atoms with Crippen molar-refractivity contribution in [3.8, 4) is 5.75 Å². The molecule has 2 heterocycles. The molecule has 0 saturated carbocycles. The van der Waals surface area contributed by atoms with E-state index in [4.69, 9.17) is 4.74 Å². The first-order valence-corrected chi connectivity index (χ1v) is 8.30. The second-order valence-corrected chi connectivity index (χ2v) is 6.15. The summed E-state index contributed by atoms with van der Waals surface area (Å²) in [5, 5.41) is 7.01. The Morgan fingerprint density at radius 2 is 2.16 bits per heavy atom. The summed E-state index contributed by atoms with van der Waals surface area (Å²) in [5.41, 5.74) is 1.28. The Labute approximate surface area is 146 Å². The minimum atomic E-state index is -0.155. The van der Waals surface area contributed by atoms with Gasteiger partial charge in [0.15, 0.2) is 0 Å². The second-order valence-electron chi connectivity index (χ2n) is 6.15. The molecule has 132 valence electrons. The molecule has 1 saturated heterocycles. The summed E-state index contributed by atoms with van der Waals surface area (Å²) in [4.78, 5) is 26.5. The highest BCUT2D eigenvalue weighted by atomic mass is 16.5. The van der Waals surface area contributed by atoms with Crippen LogP contribution in [0.3, 0.4) is 0 Å². The van der Waals surface area contributed by atoms with Crippen molar-refractivity contribution in [2.75, 3.05) is 30.4 Å². The van der Waals surface area contributed by atoms with Gasteiger partial charge in [-0.05, 0) is 25.0 Å². The van der Waals surface area contributed by atoms with Crippen molar-refractivity contribution < 1.29 is 9.53 Å². The molecule has 1 aromatic carbocycles. The largest absolute Gasteiger partial charge is 0.495 e. The third-order valence-corrected chi connectivity index (χ3v) is 4.48. The zero-order valence-electron chi connectivity index (χ0n) is 14.4. The Hall–Kier alpha value is -2.83. The van der Waals surface area contributed by atoms with Crippen molar-refractivity contribution in [2.45, 2.75) is 12.8 Å². The van der Waals surface area contributed by atoms with Gasteiger partial charge in [-0.3, -0.25) is 9.59 Å². The van der Waals surface area contributed by atoms with Crippen LogP contribution in [0.15, 0.2) is 41.3 Å². The first-order chi connectivity index (χ1) is 12.1. The number of aryl methyl sites for hydroxylation is 1. The number of methoxy groups -OCH3 is 1. The van der Waals surface area contributed by atoms with E-state index >= 15 is 0 Å². The molecule has 0 spiro atoms. The SMILES string of the molecule is COc1ccccc1NC(=O)C1CCCN(c2cnn(C)c(=O)c2)C1. The van der Waals surface area contributed by atoms with E-state index in [1.54, 1.807) is 26.4 Å². The van der Waals surface area contributed by atoms with Gasteiger partial charge in [-0.1, -0.05) is 12.1 Å². The predicted octanol–water partition coefficient (Wildman–Crippen LogP) is 1.64. The summed E-state index contributed by atoms with van der Waals surface area (Å²) in [6.45, 7) is 1.38. The van der Waals surface area contributed by atoms with Crippen molar-refractivity contribution >= 4 is 17.3 Å². The van der Waals surface area contributed by atoms with E-state index < -0.39 is 0 Å². The molecule has 0 bridgehead atoms. The fraction of sp³-hybridized carbons (Fsp3) is 0.389. The number of carbonyl (C=O) groups excluding carboxylic acids is 1. The van der Waals surface area contributed by atoms with E-state index in [1.807, 2.05) is 29.2 Å². The van der Waals surface area contributed by atoms with Crippen LogP contribution >= 0.6 is 0 Å². The second kappa shape index (κ2) is 7.38. The Kier molecular flexibility index (Phi) is 5.02. The number of aromatic nitrogens is 2. The number of amides is 1. The molecule has 1 aromatic heterocycles. The third kappa shape index (κ3) is 3.81. The van der Waals surface area contributed by atoms with Gasteiger partial charge < -0.3 is 15.0 Å². The van der Waals surface area contributed by atoms with Crippen LogP contribution in [-0.4, -0.2) is 35.9 Å². The van der Waals surface area contributed by atoms with Crippen LogP contribution in [0.4, 0.5) is 11.4 Å². The molecule has 1 atom stereocenters. The summed E-state index contributed by atoms with van der Waals surface area (Å²) in [5.74, 6) is 0.452. The van der Waals surface area contributed by atoms with Gasteiger partial charge in [0, 0.05) is 26.2 Å². The number of anilines is 2. The van der Waals surface area contributed by atoms with Crippen molar-refractivity contribution in [2.24, 2.45) is 13.0 Å². The predicted molar refractivity (Wildman–Crippen MR) is 96.0 cm³/mol. The minimum Gasteiger partial charge on any atom is -0.495 e. The molecule has 1 unspecified atom stereocenters. The number of rotatable bonds is 4. The smallest absolute Gasteiger partial charge is 0.268 e. The lowest BCUT2D eigenvalue weighted by atomic mass is 9.96. The number of hydrogen-bond acceptors (Lipinski definition) is 5. The van der Waals surface area contributed by atoms with Crippen molar-refractivity contribution in [3.05, 3.63) is 46.9 Å². The summed E-state index contributed by atoms with van der Waals surface area (Å²) in [6, 6.07) is 8.92. The molecule has 1 amide bonds. The van der Waals surface area contributed by atoms with Crippen LogP contribution < -0.4 is 20.5 Å². The van der Waals surface area contributed by atoms with E-state index in [1.165, 1.54) is 4.68 Å². The van der Waals surface area contributed by atoms with Crippen LogP contribution in [0.25, 0.3) is 0 Å². The highest BCUT2D eigenvalue weighted by molar-refractivity contribution is 5.94. The number of piperidine rings is 1. The first kappa shape index (κ1) is 17.0. The zero-order valence-corrected chi connectivity index (χ0v) is 14.4. The van der Waals surface area contributed by atoms with E-state index in [0.717, 1.165) is 25.1 Å². The van der Waals surface area contributed by atoms with Gasteiger partial charge in [0.2, 0.25) is 5.91 Å². The monoisotopic (exact) mass is 342 g/mol. The molecule has 1 N–H and O–H groups in total. The number of para-hydroxylation sites is 2. The lowest BCUT2D eigenvalue weighted by Crippen LogP contribution is -2.41. The average Bonchev–Trinajstić information content (AvgIpc) is 2.64. The zero-order chi connectivity index (χ0) is 17.8. The lowest BCUT2D eigenvalue weighted by molar-refractivity contribution is -0.120. The Balaban J connectivity index is 1.71. The van der Waals surface area contributed by atoms with Crippen LogP contribution in [0.2, 0.25) is 0 Å². The quantitative estimate of drug-likeness (QED) is 0.914. The van der Waals surface area contributed by atoms with Gasteiger partial charge in [0.1, 0.15) is 5.75 Å². The van der Waals surface area contributed by atoms with Crippen molar-refractivity contribution in [3.63, 3.8) is 0 Å². The van der Waals surface area contributed by atoms with E-state index in [-0.39, 0.29) is 17.4 Å². The molecule has 25 heavy (non-hydrogen) atoms. The number of carbonyl (C=O) groups is 1. The maximum absolute atomic E-state index is 12.7. The first-order valence-electron chi connectivity index (χ1n) is 8.30.